The minimum Gasteiger partial charge on any atom is -0.494 e. The lowest BCUT2D eigenvalue weighted by Crippen LogP contribution is -2.39. The van der Waals surface area contributed by atoms with Gasteiger partial charge in [-0.2, -0.15) is 0 Å². The third-order valence-electron chi connectivity index (χ3n) is 3.60. The molecule has 2 N–H and O–H groups in total. The predicted octanol–water partition coefficient (Wildman–Crippen LogP) is 1.79. The number of aliphatic hydroxyl groups is 1. The Morgan fingerprint density at radius 3 is 2.81 bits per heavy atom. The molecule has 0 aromatic heterocycles. The molecule has 21 heavy (non-hydrogen) atoms. The van der Waals surface area contributed by atoms with Crippen molar-refractivity contribution < 1.29 is 14.6 Å². The molecule has 1 aromatic carbocycles. The van der Waals surface area contributed by atoms with Gasteiger partial charge in [0.05, 0.1) is 12.7 Å². The molecule has 1 heterocycles. The van der Waals surface area contributed by atoms with Crippen molar-refractivity contribution in [1.29, 1.82) is 0 Å². The van der Waals surface area contributed by atoms with Gasteiger partial charge < -0.3 is 20.1 Å². The van der Waals surface area contributed by atoms with Crippen LogP contribution in [0.5, 0.6) is 5.75 Å². The van der Waals surface area contributed by atoms with E-state index < -0.39 is 0 Å². The Bertz CT molecular complexity index is 447. The van der Waals surface area contributed by atoms with Crippen LogP contribution < -0.4 is 10.1 Å². The number of likely N-dealkylation sites (tertiary alicyclic amines) is 1. The van der Waals surface area contributed by atoms with Crippen LogP contribution in [0.3, 0.4) is 0 Å². The summed E-state index contributed by atoms with van der Waals surface area (Å²) >= 11 is 0. The highest BCUT2D eigenvalue weighted by atomic mass is 16.5. The smallest absolute Gasteiger partial charge is 0.317 e. The lowest BCUT2D eigenvalue weighted by atomic mass is 10.1. The van der Waals surface area contributed by atoms with Crippen LogP contribution >= 0.6 is 0 Å². The number of carbonyl (C=O) groups is 1. The van der Waals surface area contributed by atoms with Crippen LogP contribution in [-0.2, 0) is 6.42 Å². The normalized spacial score (nSPS) is 17.8. The van der Waals surface area contributed by atoms with Gasteiger partial charge in [-0.15, -0.1) is 0 Å². The van der Waals surface area contributed by atoms with Gasteiger partial charge >= 0.3 is 6.03 Å². The number of nitrogens with one attached hydrogen (secondary N) is 1. The Morgan fingerprint density at radius 2 is 2.19 bits per heavy atom. The zero-order valence-corrected chi connectivity index (χ0v) is 12.5. The van der Waals surface area contributed by atoms with Crippen LogP contribution in [0.15, 0.2) is 24.3 Å². The molecule has 5 nitrogen and oxygen atoms in total. The number of ether oxygens (including phenoxy) is 1. The molecule has 1 aromatic rings. The quantitative estimate of drug-likeness (QED) is 0.786. The van der Waals surface area contributed by atoms with Gasteiger partial charge in [-0.3, -0.25) is 0 Å². The number of amides is 2. The number of aryl methyl sites for hydroxylation is 1. The molecule has 1 fully saturated rings. The lowest BCUT2D eigenvalue weighted by molar-refractivity contribution is 0.172. The van der Waals surface area contributed by atoms with Crippen LogP contribution in [0, 0.1) is 0 Å². The molecule has 0 bridgehead atoms. The molecule has 0 saturated carbocycles. The third kappa shape index (κ3) is 4.93. The van der Waals surface area contributed by atoms with Gasteiger partial charge in [0, 0.05) is 19.6 Å². The summed E-state index contributed by atoms with van der Waals surface area (Å²) in [7, 11) is 0. The molecule has 0 spiro atoms. The second-order valence-corrected chi connectivity index (χ2v) is 5.30. The predicted molar refractivity (Wildman–Crippen MR) is 81.5 cm³/mol. The van der Waals surface area contributed by atoms with Crippen molar-refractivity contribution in [3.8, 4) is 5.75 Å². The first kappa shape index (κ1) is 15.6. The number of benzene rings is 1. The molecule has 1 atom stereocenters. The van der Waals surface area contributed by atoms with Gasteiger partial charge in [-0.1, -0.05) is 12.1 Å². The summed E-state index contributed by atoms with van der Waals surface area (Å²) in [4.78, 5) is 13.5. The average Bonchev–Trinajstić information content (AvgIpc) is 2.92. The van der Waals surface area contributed by atoms with Crippen LogP contribution in [0.2, 0.25) is 0 Å². The highest BCUT2D eigenvalue weighted by molar-refractivity contribution is 5.74. The standard InChI is InChI=1S/C16H24N2O3/c1-2-21-15-7-5-13(6-8-15)4-3-10-17-16(20)18-11-9-14(19)12-18/h5-8,14,19H,2-4,9-12H2,1H3,(H,17,20). The third-order valence-corrected chi connectivity index (χ3v) is 3.60. The van der Waals surface area contributed by atoms with Gasteiger partial charge in [0.2, 0.25) is 0 Å². The van der Waals surface area contributed by atoms with E-state index in [2.05, 4.69) is 17.4 Å². The maximum absolute atomic E-state index is 11.8. The fourth-order valence-electron chi connectivity index (χ4n) is 2.44. The molecule has 5 heteroatoms. The monoisotopic (exact) mass is 292 g/mol. The first-order valence-electron chi connectivity index (χ1n) is 7.61. The molecular formula is C16H24N2O3. The first-order valence-corrected chi connectivity index (χ1v) is 7.61. The molecule has 1 aliphatic rings. The van der Waals surface area contributed by atoms with Gasteiger partial charge in [-0.25, -0.2) is 4.79 Å². The fourth-order valence-corrected chi connectivity index (χ4v) is 2.44. The number of carbonyl (C=O) groups excluding carboxylic acids is 1. The number of urea groups is 1. The van der Waals surface area contributed by atoms with E-state index in [4.69, 9.17) is 4.74 Å². The topological polar surface area (TPSA) is 61.8 Å². The molecule has 2 rings (SSSR count). The average molecular weight is 292 g/mol. The number of hydrogen-bond acceptors (Lipinski definition) is 3. The maximum atomic E-state index is 11.8. The van der Waals surface area contributed by atoms with Crippen molar-refractivity contribution in [2.24, 2.45) is 0 Å². The number of aliphatic hydroxyl groups excluding tert-OH is 1. The van der Waals surface area contributed by atoms with Crippen molar-refractivity contribution >= 4 is 6.03 Å². The first-order chi connectivity index (χ1) is 10.2. The Kier molecular flexibility index (Phi) is 5.87. The second kappa shape index (κ2) is 7.88. The number of β-amino-alcohol motifs (C(OH)–C–C–N with tert-alkyl or cyclic N) is 1. The fraction of sp³-hybridized carbons (Fsp3) is 0.562. The van der Waals surface area contributed by atoms with Crippen molar-refractivity contribution in [2.45, 2.75) is 32.3 Å². The molecule has 1 aliphatic heterocycles. The summed E-state index contributed by atoms with van der Waals surface area (Å²) < 4.78 is 5.40. The van der Waals surface area contributed by atoms with Crippen LogP contribution in [0.1, 0.15) is 25.3 Å². The molecule has 1 unspecified atom stereocenters. The zero-order valence-electron chi connectivity index (χ0n) is 12.5. The van der Waals surface area contributed by atoms with E-state index in [9.17, 15) is 9.90 Å². The van der Waals surface area contributed by atoms with Gasteiger partial charge in [0.15, 0.2) is 0 Å². The molecule has 0 aliphatic carbocycles. The van der Waals surface area contributed by atoms with Crippen LogP contribution in [-0.4, -0.2) is 48.4 Å². The van der Waals surface area contributed by atoms with Gasteiger partial charge in [0.1, 0.15) is 5.75 Å². The van der Waals surface area contributed by atoms with Crippen molar-refractivity contribution in [3.05, 3.63) is 29.8 Å². The van der Waals surface area contributed by atoms with Crippen molar-refractivity contribution in [1.82, 2.24) is 10.2 Å². The molecular weight excluding hydrogens is 268 g/mol. The minimum atomic E-state index is -0.361. The largest absolute Gasteiger partial charge is 0.494 e. The highest BCUT2D eigenvalue weighted by Gasteiger charge is 2.23. The van der Waals surface area contributed by atoms with E-state index in [0.29, 0.717) is 32.7 Å². The zero-order chi connectivity index (χ0) is 15.1. The van der Waals surface area contributed by atoms with Gasteiger partial charge in [-0.05, 0) is 43.9 Å². The Balaban J connectivity index is 1.64. The van der Waals surface area contributed by atoms with E-state index >= 15 is 0 Å². The van der Waals surface area contributed by atoms with E-state index in [-0.39, 0.29) is 12.1 Å². The summed E-state index contributed by atoms with van der Waals surface area (Å²) in [6.07, 6.45) is 2.14. The summed E-state index contributed by atoms with van der Waals surface area (Å²) in [6, 6.07) is 8.00. The van der Waals surface area contributed by atoms with E-state index in [0.717, 1.165) is 18.6 Å². The molecule has 0 radical (unpaired) electrons. The van der Waals surface area contributed by atoms with E-state index in [1.807, 2.05) is 19.1 Å². The molecule has 2 amide bonds. The maximum Gasteiger partial charge on any atom is 0.317 e. The Hall–Kier alpha value is -1.75. The molecule has 1 saturated heterocycles. The van der Waals surface area contributed by atoms with E-state index in [1.165, 1.54) is 5.56 Å². The van der Waals surface area contributed by atoms with Crippen molar-refractivity contribution in [2.75, 3.05) is 26.2 Å². The van der Waals surface area contributed by atoms with Crippen molar-refractivity contribution in [3.63, 3.8) is 0 Å². The summed E-state index contributed by atoms with van der Waals surface area (Å²) in [5.74, 6) is 0.891. The highest BCUT2D eigenvalue weighted by Crippen LogP contribution is 2.13. The SMILES string of the molecule is CCOc1ccc(CCCNC(=O)N2CCC(O)C2)cc1. The lowest BCUT2D eigenvalue weighted by Gasteiger charge is -2.16. The number of rotatable bonds is 6. The molecule has 116 valence electrons. The summed E-state index contributed by atoms with van der Waals surface area (Å²) in [5.41, 5.74) is 1.24. The van der Waals surface area contributed by atoms with E-state index in [1.54, 1.807) is 4.90 Å². The van der Waals surface area contributed by atoms with Gasteiger partial charge in [0.25, 0.3) is 0 Å². The van der Waals surface area contributed by atoms with Crippen LogP contribution in [0.25, 0.3) is 0 Å². The van der Waals surface area contributed by atoms with Crippen LogP contribution in [0.4, 0.5) is 4.79 Å². The second-order valence-electron chi connectivity index (χ2n) is 5.30. The summed E-state index contributed by atoms with van der Waals surface area (Å²) in [5, 5.41) is 12.3. The number of hydrogen-bond donors (Lipinski definition) is 2. The summed E-state index contributed by atoms with van der Waals surface area (Å²) in [6.45, 7) is 4.39. The number of nitrogens with zero attached hydrogens (tertiary/aromatic N) is 1. The Labute approximate surface area is 125 Å². The minimum absolute atomic E-state index is 0.0711. The Morgan fingerprint density at radius 1 is 1.43 bits per heavy atom.